The molecule has 0 saturated carbocycles. The molecule has 0 unspecified atom stereocenters. The zero-order chi connectivity index (χ0) is 20.5. The van der Waals surface area contributed by atoms with Crippen molar-refractivity contribution in [2.24, 2.45) is 5.41 Å². The molecule has 0 aliphatic rings. The number of aromatic nitrogens is 1. The molecular formula is C26H32FN. The third-order valence-electron chi connectivity index (χ3n) is 5.37. The van der Waals surface area contributed by atoms with Crippen molar-refractivity contribution < 1.29 is 4.39 Å². The Kier molecular flexibility index (Phi) is 5.79. The van der Waals surface area contributed by atoms with Crippen LogP contribution in [-0.4, -0.2) is 4.57 Å². The van der Waals surface area contributed by atoms with Gasteiger partial charge in [-0.25, -0.2) is 4.39 Å². The molecule has 0 fully saturated rings. The van der Waals surface area contributed by atoms with Gasteiger partial charge < -0.3 is 4.57 Å². The molecule has 2 heteroatoms. The van der Waals surface area contributed by atoms with E-state index in [4.69, 9.17) is 0 Å². The molecule has 2 aromatic carbocycles. The molecule has 28 heavy (non-hydrogen) atoms. The normalized spacial score (nSPS) is 12.0. The van der Waals surface area contributed by atoms with Gasteiger partial charge in [-0.05, 0) is 65.6 Å². The van der Waals surface area contributed by atoms with Crippen molar-refractivity contribution in [1.82, 2.24) is 4.57 Å². The molecular weight excluding hydrogens is 345 g/mol. The van der Waals surface area contributed by atoms with Gasteiger partial charge in [0.05, 0.1) is 5.69 Å². The fourth-order valence-corrected chi connectivity index (χ4v) is 4.05. The van der Waals surface area contributed by atoms with E-state index < -0.39 is 0 Å². The summed E-state index contributed by atoms with van der Waals surface area (Å²) >= 11 is 0. The summed E-state index contributed by atoms with van der Waals surface area (Å²) in [5, 5.41) is 0. The monoisotopic (exact) mass is 377 g/mol. The van der Waals surface area contributed by atoms with E-state index in [9.17, 15) is 4.39 Å². The first-order valence-corrected chi connectivity index (χ1v) is 10.2. The second-order valence-corrected chi connectivity index (χ2v) is 9.22. The molecule has 148 valence electrons. The maximum Gasteiger partial charge on any atom is 0.123 e. The Morgan fingerprint density at radius 2 is 1.50 bits per heavy atom. The number of hydrogen-bond donors (Lipinski definition) is 0. The van der Waals surface area contributed by atoms with Gasteiger partial charge in [0.2, 0.25) is 0 Å². The summed E-state index contributed by atoms with van der Waals surface area (Å²) in [5.41, 5.74) is 7.72. The lowest BCUT2D eigenvalue weighted by molar-refractivity contribution is 0.348. The highest BCUT2D eigenvalue weighted by Crippen LogP contribution is 2.42. The number of nitrogens with zero attached hydrogens (tertiary/aromatic N) is 1. The molecule has 0 atom stereocenters. The lowest BCUT2D eigenvalue weighted by atomic mass is 9.92. The van der Waals surface area contributed by atoms with Crippen molar-refractivity contribution in [2.75, 3.05) is 0 Å². The van der Waals surface area contributed by atoms with Crippen LogP contribution < -0.4 is 0 Å². The van der Waals surface area contributed by atoms with Crippen LogP contribution in [-0.2, 0) is 6.54 Å². The van der Waals surface area contributed by atoms with Crippen LogP contribution >= 0.6 is 0 Å². The van der Waals surface area contributed by atoms with E-state index in [1.807, 2.05) is 12.1 Å². The Morgan fingerprint density at radius 1 is 0.893 bits per heavy atom. The lowest BCUT2D eigenvalue weighted by Gasteiger charge is -2.23. The van der Waals surface area contributed by atoms with Crippen molar-refractivity contribution >= 4 is 0 Å². The fourth-order valence-electron chi connectivity index (χ4n) is 4.05. The zero-order valence-electron chi connectivity index (χ0n) is 18.0. The van der Waals surface area contributed by atoms with E-state index >= 15 is 0 Å². The number of halogens is 1. The van der Waals surface area contributed by atoms with Gasteiger partial charge in [0.15, 0.2) is 0 Å². The Balaban J connectivity index is 2.30. The smallest absolute Gasteiger partial charge is 0.123 e. The van der Waals surface area contributed by atoms with E-state index in [-0.39, 0.29) is 11.2 Å². The zero-order valence-corrected chi connectivity index (χ0v) is 18.0. The summed E-state index contributed by atoms with van der Waals surface area (Å²) < 4.78 is 16.1. The van der Waals surface area contributed by atoms with Crippen molar-refractivity contribution in [1.29, 1.82) is 0 Å². The molecule has 3 aromatic rings. The molecule has 1 nitrogen and oxygen atoms in total. The Bertz CT molecular complexity index is 925. The van der Waals surface area contributed by atoms with Crippen molar-refractivity contribution in [2.45, 2.75) is 60.4 Å². The first-order chi connectivity index (χ1) is 13.2. The van der Waals surface area contributed by atoms with Gasteiger partial charge in [-0.15, -0.1) is 0 Å². The van der Waals surface area contributed by atoms with Gasteiger partial charge in [0, 0.05) is 17.8 Å². The summed E-state index contributed by atoms with van der Waals surface area (Å²) in [6.07, 6.45) is 1.09. The van der Waals surface area contributed by atoms with Crippen LogP contribution in [0.1, 0.15) is 58.2 Å². The van der Waals surface area contributed by atoms with Gasteiger partial charge in [-0.3, -0.25) is 0 Å². The number of benzene rings is 2. The third-order valence-corrected chi connectivity index (χ3v) is 5.37. The van der Waals surface area contributed by atoms with E-state index in [2.05, 4.69) is 76.4 Å². The molecule has 1 heterocycles. The Morgan fingerprint density at radius 3 is 2.04 bits per heavy atom. The van der Waals surface area contributed by atoms with Gasteiger partial charge in [-0.1, -0.05) is 65.0 Å². The average Bonchev–Trinajstić information content (AvgIpc) is 2.93. The summed E-state index contributed by atoms with van der Waals surface area (Å²) in [6.45, 7) is 14.6. The van der Waals surface area contributed by atoms with Crippen molar-refractivity contribution in [3.05, 3.63) is 71.7 Å². The lowest BCUT2D eigenvalue weighted by Crippen LogP contribution is -2.14. The first-order valence-electron chi connectivity index (χ1n) is 10.2. The highest BCUT2D eigenvalue weighted by molar-refractivity contribution is 5.85. The van der Waals surface area contributed by atoms with Crippen LogP contribution in [0.4, 0.5) is 4.39 Å². The number of rotatable bonds is 5. The SMILES string of the molecule is Cc1c(-c2ccccc2)c(-c2ccc(F)cc2)n(CCC(C)(C)C)c1C(C)C. The topological polar surface area (TPSA) is 4.93 Å². The molecule has 0 spiro atoms. The van der Waals surface area contributed by atoms with E-state index in [1.165, 1.54) is 28.1 Å². The Labute approximate surface area is 169 Å². The Hall–Kier alpha value is -2.35. The standard InChI is InChI=1S/C26H32FN/c1-18(2)24-19(3)23(20-10-8-7-9-11-20)25(21-12-14-22(27)15-13-21)28(24)17-16-26(4,5)6/h7-15,18H,16-17H2,1-6H3. The highest BCUT2D eigenvalue weighted by Gasteiger charge is 2.25. The quantitative estimate of drug-likeness (QED) is 0.427. The molecule has 1 aromatic heterocycles. The summed E-state index contributed by atoms with van der Waals surface area (Å²) in [5.74, 6) is 0.218. The molecule has 0 N–H and O–H groups in total. The number of hydrogen-bond acceptors (Lipinski definition) is 0. The molecule has 0 amide bonds. The van der Waals surface area contributed by atoms with Crippen LogP contribution in [0, 0.1) is 18.2 Å². The predicted octanol–water partition coefficient (Wildman–Crippen LogP) is 7.83. The molecule has 3 rings (SSSR count). The summed E-state index contributed by atoms with van der Waals surface area (Å²) in [6, 6.07) is 17.5. The van der Waals surface area contributed by atoms with Gasteiger partial charge in [0.1, 0.15) is 5.82 Å². The molecule has 0 radical (unpaired) electrons. The maximum atomic E-state index is 13.6. The largest absolute Gasteiger partial charge is 0.344 e. The van der Waals surface area contributed by atoms with Crippen LogP contribution in [0.15, 0.2) is 54.6 Å². The summed E-state index contributed by atoms with van der Waals surface area (Å²) in [7, 11) is 0. The maximum absolute atomic E-state index is 13.6. The van der Waals surface area contributed by atoms with Crippen LogP contribution in [0.2, 0.25) is 0 Å². The minimum absolute atomic E-state index is 0.196. The molecule has 0 aliphatic heterocycles. The van der Waals surface area contributed by atoms with Crippen molar-refractivity contribution in [3.63, 3.8) is 0 Å². The molecule has 0 aliphatic carbocycles. The first kappa shape index (κ1) is 20.4. The predicted molar refractivity (Wildman–Crippen MR) is 118 cm³/mol. The second kappa shape index (κ2) is 7.95. The van der Waals surface area contributed by atoms with Gasteiger partial charge in [-0.2, -0.15) is 0 Å². The third kappa shape index (κ3) is 4.22. The van der Waals surface area contributed by atoms with Gasteiger partial charge >= 0.3 is 0 Å². The average molecular weight is 378 g/mol. The van der Waals surface area contributed by atoms with E-state index in [0.29, 0.717) is 5.92 Å². The molecule has 0 bridgehead atoms. The van der Waals surface area contributed by atoms with Crippen LogP contribution in [0.5, 0.6) is 0 Å². The van der Waals surface area contributed by atoms with E-state index in [0.717, 1.165) is 18.5 Å². The minimum Gasteiger partial charge on any atom is -0.344 e. The fraction of sp³-hybridized carbons (Fsp3) is 0.385. The van der Waals surface area contributed by atoms with Gasteiger partial charge in [0.25, 0.3) is 0 Å². The van der Waals surface area contributed by atoms with Crippen molar-refractivity contribution in [3.8, 4) is 22.4 Å². The highest BCUT2D eigenvalue weighted by atomic mass is 19.1. The van der Waals surface area contributed by atoms with Crippen LogP contribution in [0.25, 0.3) is 22.4 Å². The van der Waals surface area contributed by atoms with E-state index in [1.54, 1.807) is 12.1 Å². The molecule has 0 saturated heterocycles. The minimum atomic E-state index is -0.196. The summed E-state index contributed by atoms with van der Waals surface area (Å²) in [4.78, 5) is 0. The second-order valence-electron chi connectivity index (χ2n) is 9.22. The van der Waals surface area contributed by atoms with Crippen LogP contribution in [0.3, 0.4) is 0 Å².